The first-order valence-corrected chi connectivity index (χ1v) is 6.56. The van der Waals surface area contributed by atoms with Crippen LogP contribution in [0.2, 0.25) is 0 Å². The third kappa shape index (κ3) is 5.05. The fourth-order valence-corrected chi connectivity index (χ4v) is 2.45. The van der Waals surface area contributed by atoms with Crippen LogP contribution in [0.15, 0.2) is 18.5 Å². The van der Waals surface area contributed by atoms with Crippen molar-refractivity contribution in [2.24, 2.45) is 17.1 Å². The van der Waals surface area contributed by atoms with Gasteiger partial charge in [-0.15, -0.1) is 0 Å². The Kier molecular flexibility index (Phi) is 5.15. The Morgan fingerprint density at radius 2 is 2.00 bits per heavy atom. The zero-order valence-corrected chi connectivity index (χ0v) is 12.2. The van der Waals surface area contributed by atoms with Crippen LogP contribution in [0.1, 0.15) is 52.1 Å². The quantitative estimate of drug-likeness (QED) is 0.869. The predicted octanol–water partition coefficient (Wildman–Crippen LogP) is 3.55. The molecule has 0 saturated heterocycles. The number of aromatic nitrogens is 1. The molecule has 2 unspecified atom stereocenters. The molecule has 0 aliphatic rings. The van der Waals surface area contributed by atoms with Gasteiger partial charge in [-0.25, -0.2) is 0 Å². The molecule has 0 saturated carbocycles. The van der Waals surface area contributed by atoms with Gasteiger partial charge in [0.05, 0.1) is 13.3 Å². The lowest BCUT2D eigenvalue weighted by atomic mass is 9.82. The molecule has 0 bridgehead atoms. The number of pyridine rings is 1. The maximum Gasteiger partial charge on any atom is 0.137 e. The van der Waals surface area contributed by atoms with E-state index >= 15 is 0 Å². The molecular formula is C15H26N2O. The topological polar surface area (TPSA) is 48.1 Å². The van der Waals surface area contributed by atoms with Crippen molar-refractivity contribution >= 4 is 0 Å². The van der Waals surface area contributed by atoms with Gasteiger partial charge in [-0.1, -0.05) is 27.7 Å². The van der Waals surface area contributed by atoms with Gasteiger partial charge >= 0.3 is 0 Å². The van der Waals surface area contributed by atoms with Gasteiger partial charge in [0.15, 0.2) is 0 Å². The molecule has 0 fully saturated rings. The Labute approximate surface area is 111 Å². The van der Waals surface area contributed by atoms with E-state index in [1.807, 2.05) is 12.3 Å². The SMILES string of the molecule is COc1cncc(C(N)CC(C)CC(C)(C)C)c1. The molecule has 0 radical (unpaired) electrons. The number of methoxy groups -OCH3 is 1. The van der Waals surface area contributed by atoms with Crippen LogP contribution in [0.25, 0.3) is 0 Å². The van der Waals surface area contributed by atoms with Crippen molar-refractivity contribution in [1.82, 2.24) is 4.98 Å². The molecule has 0 amide bonds. The minimum Gasteiger partial charge on any atom is -0.495 e. The molecule has 0 aromatic carbocycles. The standard InChI is InChI=1S/C15H26N2O/c1-11(8-15(2,3)4)6-14(16)12-7-13(18-5)10-17-9-12/h7,9-11,14H,6,8,16H2,1-5H3. The minimum absolute atomic E-state index is 0.0324. The van der Waals surface area contributed by atoms with Crippen LogP contribution >= 0.6 is 0 Å². The lowest BCUT2D eigenvalue weighted by Gasteiger charge is -2.25. The maximum atomic E-state index is 6.24. The summed E-state index contributed by atoms with van der Waals surface area (Å²) in [6, 6.07) is 2.01. The Hall–Kier alpha value is -1.09. The van der Waals surface area contributed by atoms with Crippen molar-refractivity contribution in [3.05, 3.63) is 24.0 Å². The van der Waals surface area contributed by atoms with Crippen LogP contribution in [0.3, 0.4) is 0 Å². The lowest BCUT2D eigenvalue weighted by Crippen LogP contribution is -2.18. The highest BCUT2D eigenvalue weighted by molar-refractivity contribution is 5.25. The summed E-state index contributed by atoms with van der Waals surface area (Å²) in [5.74, 6) is 1.37. The Morgan fingerprint density at radius 3 is 2.56 bits per heavy atom. The van der Waals surface area contributed by atoms with E-state index in [1.165, 1.54) is 6.42 Å². The van der Waals surface area contributed by atoms with Crippen molar-refractivity contribution in [2.45, 2.75) is 46.6 Å². The van der Waals surface area contributed by atoms with Crippen LogP contribution in [0.5, 0.6) is 5.75 Å². The van der Waals surface area contributed by atoms with Crippen molar-refractivity contribution in [2.75, 3.05) is 7.11 Å². The minimum atomic E-state index is 0.0324. The smallest absolute Gasteiger partial charge is 0.137 e. The molecular weight excluding hydrogens is 224 g/mol. The van der Waals surface area contributed by atoms with Gasteiger partial charge in [0, 0.05) is 12.2 Å². The number of nitrogens with two attached hydrogens (primary N) is 1. The van der Waals surface area contributed by atoms with Crippen LogP contribution in [-0.4, -0.2) is 12.1 Å². The molecule has 1 aromatic heterocycles. The first kappa shape index (κ1) is 15.0. The zero-order valence-electron chi connectivity index (χ0n) is 12.2. The monoisotopic (exact) mass is 250 g/mol. The molecule has 2 atom stereocenters. The molecule has 0 aliphatic carbocycles. The van der Waals surface area contributed by atoms with Gasteiger partial charge in [-0.2, -0.15) is 0 Å². The highest BCUT2D eigenvalue weighted by Crippen LogP contribution is 2.30. The second-order valence-electron chi connectivity index (χ2n) is 6.37. The highest BCUT2D eigenvalue weighted by Gasteiger charge is 2.18. The second-order valence-corrected chi connectivity index (χ2v) is 6.37. The molecule has 102 valence electrons. The Bertz CT molecular complexity index is 371. The normalized spacial score (nSPS) is 15.2. The third-order valence-corrected chi connectivity index (χ3v) is 3.02. The van der Waals surface area contributed by atoms with Gasteiger partial charge in [-0.05, 0) is 35.8 Å². The Balaban J connectivity index is 2.61. The maximum absolute atomic E-state index is 6.24. The van der Waals surface area contributed by atoms with Gasteiger partial charge in [0.25, 0.3) is 0 Å². The summed E-state index contributed by atoms with van der Waals surface area (Å²) >= 11 is 0. The van der Waals surface area contributed by atoms with Gasteiger partial charge in [-0.3, -0.25) is 4.98 Å². The molecule has 0 aliphatic heterocycles. The number of nitrogens with zero attached hydrogens (tertiary/aromatic N) is 1. The molecule has 3 heteroatoms. The van der Waals surface area contributed by atoms with Crippen molar-refractivity contribution in [3.63, 3.8) is 0 Å². The fourth-order valence-electron chi connectivity index (χ4n) is 2.45. The predicted molar refractivity (Wildman–Crippen MR) is 75.6 cm³/mol. The van der Waals surface area contributed by atoms with E-state index in [2.05, 4.69) is 32.7 Å². The average Bonchev–Trinajstić information content (AvgIpc) is 2.26. The summed E-state index contributed by atoms with van der Waals surface area (Å²) in [5.41, 5.74) is 7.65. The highest BCUT2D eigenvalue weighted by atomic mass is 16.5. The molecule has 1 heterocycles. The second kappa shape index (κ2) is 6.19. The Morgan fingerprint density at radius 1 is 1.33 bits per heavy atom. The number of ether oxygens (including phenoxy) is 1. The number of hydrogen-bond donors (Lipinski definition) is 1. The van der Waals surface area contributed by atoms with E-state index in [9.17, 15) is 0 Å². The summed E-state index contributed by atoms with van der Waals surface area (Å²) in [5, 5.41) is 0. The summed E-state index contributed by atoms with van der Waals surface area (Å²) in [7, 11) is 1.65. The summed E-state index contributed by atoms with van der Waals surface area (Å²) in [4.78, 5) is 4.15. The molecule has 18 heavy (non-hydrogen) atoms. The molecule has 1 rings (SSSR count). The van der Waals surface area contributed by atoms with Crippen LogP contribution in [0, 0.1) is 11.3 Å². The van der Waals surface area contributed by atoms with E-state index in [0.29, 0.717) is 11.3 Å². The van der Waals surface area contributed by atoms with Crippen LogP contribution < -0.4 is 10.5 Å². The first-order chi connectivity index (χ1) is 8.31. The molecule has 1 aromatic rings. The van der Waals surface area contributed by atoms with E-state index in [-0.39, 0.29) is 6.04 Å². The molecule has 0 spiro atoms. The largest absolute Gasteiger partial charge is 0.495 e. The van der Waals surface area contributed by atoms with Crippen molar-refractivity contribution < 1.29 is 4.74 Å². The van der Waals surface area contributed by atoms with E-state index in [0.717, 1.165) is 17.7 Å². The van der Waals surface area contributed by atoms with Crippen LogP contribution in [0.4, 0.5) is 0 Å². The summed E-state index contributed by atoms with van der Waals surface area (Å²) in [6.45, 7) is 9.06. The number of rotatable bonds is 5. The summed E-state index contributed by atoms with van der Waals surface area (Å²) < 4.78 is 5.17. The van der Waals surface area contributed by atoms with Gasteiger partial charge < -0.3 is 10.5 Å². The van der Waals surface area contributed by atoms with E-state index < -0.39 is 0 Å². The fraction of sp³-hybridized carbons (Fsp3) is 0.667. The van der Waals surface area contributed by atoms with E-state index in [1.54, 1.807) is 13.3 Å². The lowest BCUT2D eigenvalue weighted by molar-refractivity contribution is 0.286. The summed E-state index contributed by atoms with van der Waals surface area (Å²) in [6.07, 6.45) is 5.69. The van der Waals surface area contributed by atoms with Crippen LogP contribution in [-0.2, 0) is 0 Å². The zero-order chi connectivity index (χ0) is 13.8. The van der Waals surface area contributed by atoms with Crippen molar-refractivity contribution in [1.29, 1.82) is 0 Å². The van der Waals surface area contributed by atoms with Gasteiger partial charge in [0.1, 0.15) is 5.75 Å². The molecule has 3 nitrogen and oxygen atoms in total. The van der Waals surface area contributed by atoms with E-state index in [4.69, 9.17) is 10.5 Å². The third-order valence-electron chi connectivity index (χ3n) is 3.02. The number of hydrogen-bond acceptors (Lipinski definition) is 3. The first-order valence-electron chi connectivity index (χ1n) is 6.56. The van der Waals surface area contributed by atoms with Crippen molar-refractivity contribution in [3.8, 4) is 5.75 Å². The van der Waals surface area contributed by atoms with Gasteiger partial charge in [0.2, 0.25) is 0 Å². The average molecular weight is 250 g/mol. The molecule has 2 N–H and O–H groups in total.